The molecule has 64 valence electrons. The Labute approximate surface area is 81.3 Å². The molecule has 0 atom stereocenters. The lowest BCUT2D eigenvalue weighted by molar-refractivity contribution is 0.625. The molecule has 0 fully saturated rings. The Hall–Kier alpha value is -1.41. The first kappa shape index (κ1) is 8.20. The van der Waals surface area contributed by atoms with Crippen LogP contribution >= 0.6 is 15.9 Å². The Morgan fingerprint density at radius 2 is 2.38 bits per heavy atom. The Balaban J connectivity index is 2.99. The van der Waals surface area contributed by atoms with Crippen LogP contribution in [0, 0.1) is 17.1 Å². The van der Waals surface area contributed by atoms with Crippen molar-refractivity contribution in [1.82, 2.24) is 9.97 Å². The molecule has 5 heteroatoms. The molecule has 1 aromatic heterocycles. The molecule has 0 bridgehead atoms. The summed E-state index contributed by atoms with van der Waals surface area (Å²) in [7, 11) is 0. The largest absolute Gasteiger partial charge is 0.343 e. The minimum atomic E-state index is -0.550. The SMILES string of the molecule is N#Cc1c(F)cc(Br)c2nc[nH]c12. The first-order valence-electron chi connectivity index (χ1n) is 3.45. The van der Waals surface area contributed by atoms with Crippen LogP contribution in [0.1, 0.15) is 5.56 Å². The summed E-state index contributed by atoms with van der Waals surface area (Å²) < 4.78 is 13.7. The summed E-state index contributed by atoms with van der Waals surface area (Å²) >= 11 is 3.16. The van der Waals surface area contributed by atoms with Gasteiger partial charge in [0.2, 0.25) is 0 Å². The van der Waals surface area contributed by atoms with Gasteiger partial charge in [-0.05, 0) is 22.0 Å². The molecule has 0 amide bonds. The number of rotatable bonds is 0. The second kappa shape index (κ2) is 2.82. The summed E-state index contributed by atoms with van der Waals surface area (Å²) in [5.74, 6) is -0.550. The summed E-state index contributed by atoms with van der Waals surface area (Å²) in [6, 6.07) is 3.02. The van der Waals surface area contributed by atoms with Crippen LogP contribution in [0.5, 0.6) is 0 Å². The highest BCUT2D eigenvalue weighted by atomic mass is 79.9. The zero-order valence-corrected chi connectivity index (χ0v) is 7.89. The predicted octanol–water partition coefficient (Wildman–Crippen LogP) is 2.34. The van der Waals surface area contributed by atoms with Gasteiger partial charge in [0, 0.05) is 4.47 Å². The number of nitrogens with zero attached hydrogens (tertiary/aromatic N) is 2. The van der Waals surface area contributed by atoms with Crippen molar-refractivity contribution in [2.45, 2.75) is 0 Å². The molecule has 0 spiro atoms. The van der Waals surface area contributed by atoms with E-state index < -0.39 is 5.82 Å². The maximum atomic E-state index is 13.2. The van der Waals surface area contributed by atoms with Crippen LogP contribution < -0.4 is 0 Å². The monoisotopic (exact) mass is 239 g/mol. The molecule has 1 aromatic carbocycles. The van der Waals surface area contributed by atoms with Crippen molar-refractivity contribution in [3.63, 3.8) is 0 Å². The molecule has 2 rings (SSSR count). The molecular weight excluding hydrogens is 237 g/mol. The molecule has 0 unspecified atom stereocenters. The number of hydrogen-bond donors (Lipinski definition) is 1. The average Bonchev–Trinajstić information content (AvgIpc) is 2.53. The molecule has 2 aromatic rings. The van der Waals surface area contributed by atoms with Gasteiger partial charge in [-0.25, -0.2) is 9.37 Å². The molecular formula is C8H3BrFN3. The third kappa shape index (κ3) is 1.11. The zero-order chi connectivity index (χ0) is 9.42. The van der Waals surface area contributed by atoms with E-state index in [1.54, 1.807) is 6.07 Å². The first-order valence-corrected chi connectivity index (χ1v) is 4.24. The van der Waals surface area contributed by atoms with Crippen molar-refractivity contribution in [2.75, 3.05) is 0 Å². The lowest BCUT2D eigenvalue weighted by atomic mass is 10.2. The molecule has 0 saturated carbocycles. The van der Waals surface area contributed by atoms with E-state index >= 15 is 0 Å². The topological polar surface area (TPSA) is 52.5 Å². The number of fused-ring (bicyclic) bond motifs is 1. The van der Waals surface area contributed by atoms with E-state index in [9.17, 15) is 4.39 Å². The number of aromatic amines is 1. The zero-order valence-electron chi connectivity index (χ0n) is 6.31. The fourth-order valence-corrected chi connectivity index (χ4v) is 1.65. The fraction of sp³-hybridized carbons (Fsp3) is 0. The van der Waals surface area contributed by atoms with Crippen LogP contribution in [0.25, 0.3) is 11.0 Å². The number of benzene rings is 1. The highest BCUT2D eigenvalue weighted by molar-refractivity contribution is 9.10. The first-order chi connectivity index (χ1) is 6.24. The molecule has 0 saturated heterocycles. The molecule has 0 aliphatic carbocycles. The number of hydrogen-bond acceptors (Lipinski definition) is 2. The Bertz CT molecular complexity index is 512. The lowest BCUT2D eigenvalue weighted by Crippen LogP contribution is -1.86. The van der Waals surface area contributed by atoms with Crippen LogP contribution in [-0.2, 0) is 0 Å². The number of nitriles is 1. The second-order valence-electron chi connectivity index (χ2n) is 2.45. The molecule has 13 heavy (non-hydrogen) atoms. The molecule has 3 nitrogen and oxygen atoms in total. The van der Waals surface area contributed by atoms with Gasteiger partial charge in [0.15, 0.2) is 0 Å². The van der Waals surface area contributed by atoms with E-state index in [1.165, 1.54) is 12.4 Å². The van der Waals surface area contributed by atoms with E-state index in [0.29, 0.717) is 15.5 Å². The van der Waals surface area contributed by atoms with Crippen molar-refractivity contribution in [2.24, 2.45) is 0 Å². The summed E-state index contributed by atoms with van der Waals surface area (Å²) in [6.07, 6.45) is 1.43. The van der Waals surface area contributed by atoms with E-state index in [4.69, 9.17) is 5.26 Å². The van der Waals surface area contributed by atoms with Gasteiger partial charge >= 0.3 is 0 Å². The predicted molar refractivity (Wildman–Crippen MR) is 48.5 cm³/mol. The van der Waals surface area contributed by atoms with Crippen LogP contribution in [0.2, 0.25) is 0 Å². The number of halogens is 2. The van der Waals surface area contributed by atoms with E-state index in [0.717, 1.165) is 0 Å². The van der Waals surface area contributed by atoms with Gasteiger partial charge in [0.05, 0.1) is 11.8 Å². The van der Waals surface area contributed by atoms with Gasteiger partial charge in [-0.1, -0.05) is 0 Å². The van der Waals surface area contributed by atoms with Crippen LogP contribution in [0.15, 0.2) is 16.9 Å². The van der Waals surface area contributed by atoms with E-state index in [1.807, 2.05) is 0 Å². The van der Waals surface area contributed by atoms with Crippen molar-refractivity contribution >= 4 is 27.0 Å². The minimum absolute atomic E-state index is 0.00398. The second-order valence-corrected chi connectivity index (χ2v) is 3.31. The highest BCUT2D eigenvalue weighted by Gasteiger charge is 2.12. The van der Waals surface area contributed by atoms with Crippen LogP contribution in [-0.4, -0.2) is 9.97 Å². The third-order valence-corrected chi connectivity index (χ3v) is 2.32. The van der Waals surface area contributed by atoms with E-state index in [-0.39, 0.29) is 5.56 Å². The normalized spacial score (nSPS) is 10.2. The number of H-pyrrole nitrogens is 1. The molecule has 0 radical (unpaired) electrons. The Kier molecular flexibility index (Phi) is 1.78. The molecule has 0 aliphatic rings. The number of imidazole rings is 1. The van der Waals surface area contributed by atoms with Gasteiger partial charge < -0.3 is 4.98 Å². The fourth-order valence-electron chi connectivity index (χ4n) is 1.15. The molecule has 1 heterocycles. The maximum Gasteiger partial charge on any atom is 0.144 e. The number of nitrogens with one attached hydrogen (secondary N) is 1. The average molecular weight is 240 g/mol. The van der Waals surface area contributed by atoms with Crippen LogP contribution in [0.3, 0.4) is 0 Å². The summed E-state index contributed by atoms with van der Waals surface area (Å²) in [5.41, 5.74) is 0.989. The van der Waals surface area contributed by atoms with Crippen molar-refractivity contribution in [1.29, 1.82) is 5.26 Å². The van der Waals surface area contributed by atoms with E-state index in [2.05, 4.69) is 25.9 Å². The Morgan fingerprint density at radius 3 is 3.08 bits per heavy atom. The lowest BCUT2D eigenvalue weighted by Gasteiger charge is -1.96. The molecule has 0 aliphatic heterocycles. The van der Waals surface area contributed by atoms with Gasteiger partial charge in [0.25, 0.3) is 0 Å². The van der Waals surface area contributed by atoms with Gasteiger partial charge in [0.1, 0.15) is 23.0 Å². The maximum absolute atomic E-state index is 13.2. The summed E-state index contributed by atoms with van der Waals surface area (Å²) in [4.78, 5) is 6.66. The number of aromatic nitrogens is 2. The van der Waals surface area contributed by atoms with Crippen LogP contribution in [0.4, 0.5) is 4.39 Å². The van der Waals surface area contributed by atoms with Gasteiger partial charge in [-0.3, -0.25) is 0 Å². The van der Waals surface area contributed by atoms with Crippen molar-refractivity contribution in [3.05, 3.63) is 28.2 Å². The van der Waals surface area contributed by atoms with Crippen molar-refractivity contribution in [3.8, 4) is 6.07 Å². The molecule has 1 N–H and O–H groups in total. The summed E-state index contributed by atoms with van der Waals surface area (Å²) in [6.45, 7) is 0. The Morgan fingerprint density at radius 1 is 1.62 bits per heavy atom. The standard InChI is InChI=1S/C8H3BrFN3/c9-5-1-6(10)4(2-11)7-8(5)13-3-12-7/h1,3H,(H,12,13). The minimum Gasteiger partial charge on any atom is -0.343 e. The quantitative estimate of drug-likeness (QED) is 0.768. The van der Waals surface area contributed by atoms with Crippen molar-refractivity contribution < 1.29 is 4.39 Å². The smallest absolute Gasteiger partial charge is 0.144 e. The summed E-state index contributed by atoms with van der Waals surface area (Å²) in [5, 5.41) is 8.67. The highest BCUT2D eigenvalue weighted by Crippen LogP contribution is 2.25. The van der Waals surface area contributed by atoms with Gasteiger partial charge in [-0.15, -0.1) is 0 Å². The van der Waals surface area contributed by atoms with Gasteiger partial charge in [-0.2, -0.15) is 5.26 Å². The third-order valence-electron chi connectivity index (χ3n) is 1.72.